The fraction of sp³-hybridized carbons (Fsp3) is 0.381. The van der Waals surface area contributed by atoms with Crippen molar-refractivity contribution in [3.05, 3.63) is 59.5 Å². The largest absolute Gasteiger partial charge is 0.496 e. The van der Waals surface area contributed by atoms with Gasteiger partial charge in [-0.2, -0.15) is 0 Å². The Labute approximate surface area is 165 Å². The summed E-state index contributed by atoms with van der Waals surface area (Å²) in [4.78, 5) is 4.71. The molecule has 2 heterocycles. The zero-order chi connectivity index (χ0) is 19.9. The quantitative estimate of drug-likeness (QED) is 0.487. The molecular formula is C21H28N6O. The van der Waals surface area contributed by atoms with Crippen molar-refractivity contribution in [1.82, 2.24) is 25.2 Å². The summed E-state index contributed by atoms with van der Waals surface area (Å²) in [6.07, 6.45) is 2.69. The molecule has 3 aromatic rings. The molecule has 0 saturated heterocycles. The maximum Gasteiger partial charge on any atom is 0.191 e. The fourth-order valence-electron chi connectivity index (χ4n) is 3.12. The predicted molar refractivity (Wildman–Crippen MR) is 112 cm³/mol. The van der Waals surface area contributed by atoms with E-state index in [-0.39, 0.29) is 6.04 Å². The molecule has 0 bridgehead atoms. The number of aryl methyl sites for hydroxylation is 1. The summed E-state index contributed by atoms with van der Waals surface area (Å²) in [5, 5.41) is 15.2. The van der Waals surface area contributed by atoms with E-state index in [0.717, 1.165) is 35.3 Å². The summed E-state index contributed by atoms with van der Waals surface area (Å²) in [5.41, 5.74) is 3.16. The molecule has 1 unspecified atom stereocenters. The first-order chi connectivity index (χ1) is 13.6. The lowest BCUT2D eigenvalue weighted by atomic mass is 10.0. The Hall–Kier alpha value is -3.09. The van der Waals surface area contributed by atoms with Crippen molar-refractivity contribution in [2.24, 2.45) is 4.99 Å². The second kappa shape index (κ2) is 9.21. The number of hydrogen-bond donors (Lipinski definition) is 2. The van der Waals surface area contributed by atoms with Crippen LogP contribution in [0.3, 0.4) is 0 Å². The van der Waals surface area contributed by atoms with Gasteiger partial charge in [-0.3, -0.25) is 9.39 Å². The summed E-state index contributed by atoms with van der Waals surface area (Å²) in [6, 6.07) is 12.1. The van der Waals surface area contributed by atoms with Gasteiger partial charge in [-0.05, 0) is 39.0 Å². The van der Waals surface area contributed by atoms with Crippen LogP contribution in [0.15, 0.2) is 47.6 Å². The molecule has 2 aromatic heterocycles. The summed E-state index contributed by atoms with van der Waals surface area (Å²) in [5.74, 6) is 2.55. The van der Waals surface area contributed by atoms with Crippen molar-refractivity contribution in [3.63, 3.8) is 0 Å². The molecule has 2 N–H and O–H groups in total. The smallest absolute Gasteiger partial charge is 0.191 e. The molecule has 0 aliphatic rings. The van der Waals surface area contributed by atoms with Crippen LogP contribution in [-0.2, 0) is 6.42 Å². The van der Waals surface area contributed by atoms with E-state index in [4.69, 9.17) is 9.73 Å². The minimum atomic E-state index is 0.0570. The highest BCUT2D eigenvalue weighted by molar-refractivity contribution is 5.80. The third-order valence-electron chi connectivity index (χ3n) is 4.54. The van der Waals surface area contributed by atoms with Crippen LogP contribution in [0.4, 0.5) is 0 Å². The average molecular weight is 380 g/mol. The first-order valence-electron chi connectivity index (χ1n) is 9.60. The van der Waals surface area contributed by atoms with Crippen LogP contribution in [0.2, 0.25) is 0 Å². The van der Waals surface area contributed by atoms with E-state index < -0.39 is 0 Å². The Kier molecular flexibility index (Phi) is 6.47. The van der Waals surface area contributed by atoms with Gasteiger partial charge in [0.2, 0.25) is 0 Å². The molecule has 7 heteroatoms. The van der Waals surface area contributed by atoms with Crippen molar-refractivity contribution in [2.45, 2.75) is 33.2 Å². The van der Waals surface area contributed by atoms with Crippen LogP contribution in [0.1, 0.15) is 36.8 Å². The second-order valence-electron chi connectivity index (χ2n) is 6.67. The molecule has 0 radical (unpaired) electrons. The number of nitrogens with zero attached hydrogens (tertiary/aromatic N) is 4. The SMILES string of the molecule is CCNC(=NCCc1nnc2ccccn12)NC(C)c1cc(C)ccc1OC. The predicted octanol–water partition coefficient (Wildman–Crippen LogP) is 2.91. The first-order valence-corrected chi connectivity index (χ1v) is 9.60. The Morgan fingerprint density at radius 2 is 2.11 bits per heavy atom. The number of pyridine rings is 1. The Bertz CT molecular complexity index is 949. The number of hydrogen-bond acceptors (Lipinski definition) is 4. The molecule has 0 aliphatic heterocycles. The molecule has 1 atom stereocenters. The zero-order valence-electron chi connectivity index (χ0n) is 16.9. The van der Waals surface area contributed by atoms with E-state index in [9.17, 15) is 0 Å². The molecule has 0 amide bonds. The van der Waals surface area contributed by atoms with Gasteiger partial charge >= 0.3 is 0 Å². The van der Waals surface area contributed by atoms with Crippen molar-refractivity contribution < 1.29 is 4.74 Å². The number of aliphatic imine (C=N–C) groups is 1. The molecule has 0 aliphatic carbocycles. The van der Waals surface area contributed by atoms with Crippen molar-refractivity contribution in [3.8, 4) is 5.75 Å². The van der Waals surface area contributed by atoms with Gasteiger partial charge in [0.05, 0.1) is 13.2 Å². The topological polar surface area (TPSA) is 75.8 Å². The van der Waals surface area contributed by atoms with Gasteiger partial charge in [0.25, 0.3) is 0 Å². The lowest BCUT2D eigenvalue weighted by Crippen LogP contribution is -2.39. The summed E-state index contributed by atoms with van der Waals surface area (Å²) in [7, 11) is 1.70. The van der Waals surface area contributed by atoms with Crippen LogP contribution in [-0.4, -0.2) is 40.8 Å². The van der Waals surface area contributed by atoms with Crippen molar-refractivity contribution >= 4 is 11.6 Å². The van der Waals surface area contributed by atoms with Gasteiger partial charge in [-0.1, -0.05) is 23.8 Å². The van der Waals surface area contributed by atoms with E-state index in [1.807, 2.05) is 34.9 Å². The number of guanidine groups is 1. The monoisotopic (exact) mass is 380 g/mol. The maximum atomic E-state index is 5.52. The molecule has 0 spiro atoms. The molecule has 7 nitrogen and oxygen atoms in total. The number of rotatable bonds is 7. The lowest BCUT2D eigenvalue weighted by Gasteiger charge is -2.20. The Morgan fingerprint density at radius 1 is 1.25 bits per heavy atom. The van der Waals surface area contributed by atoms with Gasteiger partial charge < -0.3 is 15.4 Å². The van der Waals surface area contributed by atoms with Crippen LogP contribution in [0, 0.1) is 6.92 Å². The maximum absolute atomic E-state index is 5.52. The minimum Gasteiger partial charge on any atom is -0.496 e. The Morgan fingerprint density at radius 3 is 2.89 bits per heavy atom. The fourth-order valence-corrected chi connectivity index (χ4v) is 3.12. The number of nitrogens with one attached hydrogen (secondary N) is 2. The van der Waals surface area contributed by atoms with E-state index >= 15 is 0 Å². The van der Waals surface area contributed by atoms with E-state index in [0.29, 0.717) is 13.0 Å². The molecule has 3 rings (SSSR count). The third-order valence-corrected chi connectivity index (χ3v) is 4.54. The van der Waals surface area contributed by atoms with E-state index in [1.54, 1.807) is 7.11 Å². The molecule has 148 valence electrons. The number of ether oxygens (including phenoxy) is 1. The van der Waals surface area contributed by atoms with E-state index in [1.165, 1.54) is 5.56 Å². The van der Waals surface area contributed by atoms with Gasteiger partial charge in [0, 0.05) is 31.3 Å². The number of methoxy groups -OCH3 is 1. The second-order valence-corrected chi connectivity index (χ2v) is 6.67. The summed E-state index contributed by atoms with van der Waals surface area (Å²) in [6.45, 7) is 7.65. The van der Waals surface area contributed by atoms with Gasteiger partial charge in [0.1, 0.15) is 11.6 Å². The molecular weight excluding hydrogens is 352 g/mol. The van der Waals surface area contributed by atoms with Crippen LogP contribution in [0.5, 0.6) is 5.75 Å². The standard InChI is InChI=1S/C21H28N6O/c1-5-22-21(24-16(3)17-14-15(2)9-10-18(17)28-4)23-12-11-20-26-25-19-8-6-7-13-27(19)20/h6-10,13-14,16H,5,11-12H2,1-4H3,(H2,22,23,24). The average Bonchev–Trinajstić information content (AvgIpc) is 3.11. The summed E-state index contributed by atoms with van der Waals surface area (Å²) >= 11 is 0. The van der Waals surface area contributed by atoms with Crippen molar-refractivity contribution in [1.29, 1.82) is 0 Å². The molecule has 0 fully saturated rings. The van der Waals surface area contributed by atoms with Crippen molar-refractivity contribution in [2.75, 3.05) is 20.2 Å². The van der Waals surface area contributed by atoms with E-state index in [2.05, 4.69) is 53.7 Å². The highest BCUT2D eigenvalue weighted by Crippen LogP contribution is 2.25. The molecule has 1 aromatic carbocycles. The summed E-state index contributed by atoms with van der Waals surface area (Å²) < 4.78 is 7.51. The van der Waals surface area contributed by atoms with Crippen LogP contribution >= 0.6 is 0 Å². The van der Waals surface area contributed by atoms with Gasteiger partial charge in [0.15, 0.2) is 11.6 Å². The molecule has 28 heavy (non-hydrogen) atoms. The lowest BCUT2D eigenvalue weighted by molar-refractivity contribution is 0.405. The number of benzene rings is 1. The number of aromatic nitrogens is 3. The van der Waals surface area contributed by atoms with Crippen LogP contribution < -0.4 is 15.4 Å². The Balaban J connectivity index is 1.69. The highest BCUT2D eigenvalue weighted by atomic mass is 16.5. The minimum absolute atomic E-state index is 0.0570. The number of fused-ring (bicyclic) bond motifs is 1. The highest BCUT2D eigenvalue weighted by Gasteiger charge is 2.13. The van der Waals surface area contributed by atoms with Gasteiger partial charge in [-0.15, -0.1) is 10.2 Å². The zero-order valence-corrected chi connectivity index (χ0v) is 16.9. The molecule has 0 saturated carbocycles. The van der Waals surface area contributed by atoms with Crippen LogP contribution in [0.25, 0.3) is 5.65 Å². The third kappa shape index (κ3) is 4.60. The first kappa shape index (κ1) is 19.7. The van der Waals surface area contributed by atoms with Gasteiger partial charge in [-0.25, -0.2) is 0 Å². The normalized spacial score (nSPS) is 12.8.